The highest BCUT2D eigenvalue weighted by atomic mass is 32.2. The van der Waals surface area contributed by atoms with E-state index in [-0.39, 0.29) is 47.7 Å². The van der Waals surface area contributed by atoms with E-state index in [0.29, 0.717) is 59.9 Å². The number of rotatable bonds is 15. The average Bonchev–Trinajstić information content (AvgIpc) is 3.74. The molecule has 282 valence electrons. The fraction of sp³-hybridized carbons (Fsp3) is 0.447. The number of carbonyl (C=O) groups excluding carboxylic acids is 2. The number of aryl methyl sites for hydroxylation is 1. The van der Waals surface area contributed by atoms with Crippen molar-refractivity contribution in [3.8, 4) is 11.3 Å². The number of carbonyl (C=O) groups is 2. The summed E-state index contributed by atoms with van der Waals surface area (Å²) in [5.74, 6) is -0.954. The minimum Gasteiger partial charge on any atom is -0.465 e. The number of fused-ring (bicyclic) bond motifs is 1. The lowest BCUT2D eigenvalue weighted by Crippen LogP contribution is -2.44. The fourth-order valence-corrected chi connectivity index (χ4v) is 6.98. The second-order valence-electron chi connectivity index (χ2n) is 14.5. The maximum Gasteiger partial charge on any atom is 0.290 e. The van der Waals surface area contributed by atoms with Crippen LogP contribution in [0.2, 0.25) is 0 Å². The van der Waals surface area contributed by atoms with E-state index in [1.165, 1.54) is 35.8 Å². The molecule has 1 atom stereocenters. The molecule has 2 aromatic heterocycles. The monoisotopic (exact) mass is 763 g/mol. The third kappa shape index (κ3) is 10.3. The normalized spacial score (nSPS) is 14.8. The molecular formula is C38H46FN7O5S2. The van der Waals surface area contributed by atoms with Gasteiger partial charge in [-0.05, 0) is 82.9 Å². The Morgan fingerprint density at radius 3 is 2.62 bits per heavy atom. The number of hydrogen-bond donors (Lipinski definition) is 2. The maximum atomic E-state index is 14.3. The van der Waals surface area contributed by atoms with Gasteiger partial charge in [-0.2, -0.15) is 5.26 Å². The molecule has 0 radical (unpaired) electrons. The second kappa shape index (κ2) is 16.2. The van der Waals surface area contributed by atoms with Crippen LogP contribution < -0.4 is 10.1 Å². The molecule has 3 heterocycles. The lowest BCUT2D eigenvalue weighted by molar-refractivity contribution is -0.0272. The van der Waals surface area contributed by atoms with Gasteiger partial charge in [0.15, 0.2) is 5.82 Å². The van der Waals surface area contributed by atoms with Crippen molar-refractivity contribution in [2.24, 2.45) is 0 Å². The summed E-state index contributed by atoms with van der Waals surface area (Å²) in [5, 5.41) is 12.4. The molecule has 0 fully saturated rings. The number of aromatic nitrogens is 3. The molecule has 0 saturated heterocycles. The number of benzene rings is 2. The predicted molar refractivity (Wildman–Crippen MR) is 204 cm³/mol. The number of thiazole rings is 1. The lowest BCUT2D eigenvalue weighted by Gasteiger charge is -2.29. The number of amides is 2. The Bertz CT molecular complexity index is 2180. The van der Waals surface area contributed by atoms with Crippen LogP contribution >= 0.6 is 11.3 Å². The van der Waals surface area contributed by atoms with E-state index in [4.69, 9.17) is 19.5 Å². The fourth-order valence-electron chi connectivity index (χ4n) is 5.61. The zero-order chi connectivity index (χ0) is 38.6. The highest BCUT2D eigenvalue weighted by Crippen LogP contribution is 2.32. The third-order valence-corrected chi connectivity index (χ3v) is 11.2. The number of ether oxygens (including phenoxy) is 2. The molecule has 1 aliphatic heterocycles. The van der Waals surface area contributed by atoms with Gasteiger partial charge in [-0.25, -0.2) is 14.4 Å². The topological polar surface area (TPSA) is 163 Å². The van der Waals surface area contributed by atoms with Gasteiger partial charge in [0, 0.05) is 70.8 Å². The smallest absolute Gasteiger partial charge is 0.290 e. The van der Waals surface area contributed by atoms with Crippen molar-refractivity contribution in [3.63, 3.8) is 0 Å². The molecule has 2 amide bonds. The molecule has 15 heteroatoms. The van der Waals surface area contributed by atoms with E-state index >= 15 is 0 Å². The first-order valence-electron chi connectivity index (χ1n) is 17.4. The summed E-state index contributed by atoms with van der Waals surface area (Å²) in [6.45, 7) is 11.3. The molecule has 2 aromatic carbocycles. The van der Waals surface area contributed by atoms with Crippen molar-refractivity contribution in [2.75, 3.05) is 31.7 Å². The minimum absolute atomic E-state index is 0.00789. The number of halogens is 1. The number of imidazole rings is 1. The molecule has 0 saturated carbocycles. The maximum absolute atomic E-state index is 14.3. The molecular weight excluding hydrogens is 718 g/mol. The van der Waals surface area contributed by atoms with Crippen LogP contribution in [0, 0.1) is 21.9 Å². The molecule has 0 aliphatic carbocycles. The standard InChI is InChI=1S/C38H46FN7O5S2/c1-7-38(4,5)51-18-14-37(2,3)44-34(47)27-10-11-30-31(21-27)46(17-19-53(6,41)49)33(43-30)35(48)45-15-12-26(13-16-45)32-23-42-36(52-32)50-24-28-9-8-25(22-40)20-29(28)39/h8-12,20-21,23,41H,7,13-19,24H2,1-6H3,(H,44,47). The van der Waals surface area contributed by atoms with E-state index in [2.05, 4.69) is 22.2 Å². The first-order chi connectivity index (χ1) is 25.0. The van der Waals surface area contributed by atoms with Gasteiger partial charge < -0.3 is 24.3 Å². The van der Waals surface area contributed by atoms with E-state index < -0.39 is 21.1 Å². The van der Waals surface area contributed by atoms with Gasteiger partial charge in [-0.15, -0.1) is 0 Å². The Balaban J connectivity index is 1.29. The molecule has 0 bridgehead atoms. The van der Waals surface area contributed by atoms with Gasteiger partial charge >= 0.3 is 0 Å². The van der Waals surface area contributed by atoms with Gasteiger partial charge in [0.1, 0.15) is 12.4 Å². The molecule has 0 spiro atoms. The van der Waals surface area contributed by atoms with Crippen molar-refractivity contribution in [1.29, 1.82) is 10.0 Å². The SMILES string of the molecule is CCC(C)(C)OCCC(C)(C)NC(=O)c1ccc2nc(C(=O)N3CC=C(c4cnc(OCc5ccc(C#N)cc5F)s4)CC3)n(CCS(C)(=N)=O)c2c1. The van der Waals surface area contributed by atoms with Crippen LogP contribution in [0.25, 0.3) is 16.6 Å². The van der Waals surface area contributed by atoms with E-state index in [0.717, 1.165) is 16.9 Å². The van der Waals surface area contributed by atoms with Crippen molar-refractivity contribution >= 4 is 49.5 Å². The van der Waals surface area contributed by atoms with Crippen molar-refractivity contribution in [2.45, 2.75) is 78.2 Å². The highest BCUT2D eigenvalue weighted by Gasteiger charge is 2.28. The average molecular weight is 764 g/mol. The van der Waals surface area contributed by atoms with Crippen molar-refractivity contribution < 1.29 is 27.7 Å². The van der Waals surface area contributed by atoms with Gasteiger partial charge in [0.2, 0.25) is 0 Å². The Morgan fingerprint density at radius 2 is 1.96 bits per heavy atom. The molecule has 12 nitrogen and oxygen atoms in total. The molecule has 2 N–H and O–H groups in total. The van der Waals surface area contributed by atoms with Crippen molar-refractivity contribution in [3.05, 3.63) is 81.9 Å². The third-order valence-electron chi connectivity index (χ3n) is 9.26. The largest absolute Gasteiger partial charge is 0.465 e. The molecule has 4 aromatic rings. The van der Waals surface area contributed by atoms with Crippen LogP contribution in [0.15, 0.2) is 48.7 Å². The summed E-state index contributed by atoms with van der Waals surface area (Å²) in [4.78, 5) is 39.0. The van der Waals surface area contributed by atoms with Crippen LogP contribution in [0.1, 0.15) is 90.9 Å². The number of nitrogens with zero attached hydrogens (tertiary/aromatic N) is 5. The number of hydrogen-bond acceptors (Lipinski definition) is 10. The minimum atomic E-state index is -2.89. The summed E-state index contributed by atoms with van der Waals surface area (Å²) >= 11 is 1.32. The predicted octanol–water partition coefficient (Wildman–Crippen LogP) is 6.79. The quantitative estimate of drug-likeness (QED) is 0.134. The molecule has 1 unspecified atom stereocenters. The molecule has 53 heavy (non-hydrogen) atoms. The zero-order valence-electron chi connectivity index (χ0n) is 31.0. The Labute approximate surface area is 314 Å². The van der Waals surface area contributed by atoms with Crippen LogP contribution in [-0.4, -0.2) is 78.3 Å². The Morgan fingerprint density at radius 1 is 1.19 bits per heavy atom. The first kappa shape index (κ1) is 39.6. The summed E-state index contributed by atoms with van der Waals surface area (Å²) in [7, 11) is -2.89. The van der Waals surface area contributed by atoms with Gasteiger partial charge in [0.05, 0.1) is 33.1 Å². The zero-order valence-corrected chi connectivity index (χ0v) is 32.6. The highest BCUT2D eigenvalue weighted by molar-refractivity contribution is 7.91. The summed E-state index contributed by atoms with van der Waals surface area (Å²) in [6.07, 6.45) is 7.04. The van der Waals surface area contributed by atoms with Crippen LogP contribution in [-0.2, 0) is 27.6 Å². The van der Waals surface area contributed by atoms with Crippen LogP contribution in [0.3, 0.4) is 0 Å². The van der Waals surface area contributed by atoms with Crippen molar-refractivity contribution in [1.82, 2.24) is 24.8 Å². The Kier molecular flexibility index (Phi) is 12.1. The molecule has 5 rings (SSSR count). The van der Waals surface area contributed by atoms with Gasteiger partial charge in [-0.3, -0.25) is 18.6 Å². The lowest BCUT2D eigenvalue weighted by atomic mass is 9.99. The van der Waals surface area contributed by atoms with E-state index in [9.17, 15) is 18.2 Å². The van der Waals surface area contributed by atoms with E-state index in [1.54, 1.807) is 33.9 Å². The summed E-state index contributed by atoms with van der Waals surface area (Å²) in [6, 6.07) is 11.2. The van der Waals surface area contributed by atoms with Gasteiger partial charge in [0.25, 0.3) is 17.0 Å². The van der Waals surface area contributed by atoms with Crippen LogP contribution in [0.5, 0.6) is 5.19 Å². The summed E-state index contributed by atoms with van der Waals surface area (Å²) in [5.41, 5.74) is 2.21. The first-order valence-corrected chi connectivity index (χ1v) is 20.4. The molecule has 1 aliphatic rings. The van der Waals surface area contributed by atoms with Crippen LogP contribution in [0.4, 0.5) is 4.39 Å². The number of nitriles is 1. The summed E-state index contributed by atoms with van der Waals surface area (Å²) < 4.78 is 48.1. The number of nitrogens with one attached hydrogen (secondary N) is 2. The second-order valence-corrected chi connectivity index (χ2v) is 17.9. The Hall–Kier alpha value is -4.65. The van der Waals surface area contributed by atoms with E-state index in [1.807, 2.05) is 39.8 Å². The van der Waals surface area contributed by atoms with Gasteiger partial charge in [-0.1, -0.05) is 30.4 Å².